The van der Waals surface area contributed by atoms with E-state index in [1.807, 2.05) is 26.0 Å². The summed E-state index contributed by atoms with van der Waals surface area (Å²) in [5.74, 6) is -0.0802. The maximum absolute atomic E-state index is 11.9. The first-order chi connectivity index (χ1) is 14.6. The lowest BCUT2D eigenvalue weighted by Crippen LogP contribution is -2.42. The van der Waals surface area contributed by atoms with Crippen LogP contribution in [0.3, 0.4) is 0 Å². The number of nitrogens with zero attached hydrogens (tertiary/aromatic N) is 1. The Kier molecular flexibility index (Phi) is 11.2. The van der Waals surface area contributed by atoms with Gasteiger partial charge in [0.2, 0.25) is 5.91 Å². The molecule has 0 aliphatic carbocycles. The van der Waals surface area contributed by atoms with Gasteiger partial charge in [0.05, 0.1) is 25.3 Å². The van der Waals surface area contributed by atoms with Gasteiger partial charge in [0.15, 0.2) is 0 Å². The lowest BCUT2D eigenvalue weighted by molar-refractivity contribution is -0.145. The number of ether oxygens (including phenoxy) is 2. The first-order valence-corrected chi connectivity index (χ1v) is 10.0. The second-order valence-corrected chi connectivity index (χ2v) is 7.67. The molecule has 0 spiro atoms. The Labute approximate surface area is 184 Å². The first kappa shape index (κ1) is 26.6. The molecule has 1 aliphatic rings. The van der Waals surface area contributed by atoms with E-state index >= 15 is 0 Å². The van der Waals surface area contributed by atoms with Crippen molar-refractivity contribution in [2.24, 2.45) is 17.6 Å². The third kappa shape index (κ3) is 9.50. The predicted octanol–water partition coefficient (Wildman–Crippen LogP) is 0.892. The van der Waals surface area contributed by atoms with Gasteiger partial charge in [-0.2, -0.15) is 0 Å². The summed E-state index contributed by atoms with van der Waals surface area (Å²) in [7, 11) is 3.69. The molecular weight excluding hydrogens is 403 g/mol. The lowest BCUT2D eigenvalue weighted by atomic mass is 9.84. The summed E-state index contributed by atoms with van der Waals surface area (Å²) < 4.78 is 21.7. The zero-order chi connectivity index (χ0) is 23.6. The Morgan fingerprint density at radius 1 is 1.13 bits per heavy atom. The average molecular weight is 436 g/mol. The molecule has 1 fully saturated rings. The molecule has 0 unspecified atom stereocenters. The van der Waals surface area contributed by atoms with Gasteiger partial charge in [-0.1, -0.05) is 32.1 Å². The molecule has 1 saturated heterocycles. The largest absolute Gasteiger partial charge is 0.628 e. The fourth-order valence-corrected chi connectivity index (χ4v) is 3.38. The fraction of sp³-hybridized carbons (Fsp3) is 0.571. The molecule has 2 N–H and O–H groups in total. The van der Waals surface area contributed by atoms with Crippen molar-refractivity contribution in [1.82, 2.24) is 4.90 Å². The minimum Gasteiger partial charge on any atom is -0.495 e. The van der Waals surface area contributed by atoms with Crippen molar-refractivity contribution >= 4 is 25.0 Å². The van der Waals surface area contributed by atoms with Gasteiger partial charge in [-0.3, -0.25) is 19.3 Å². The molecule has 0 radical (unpaired) electrons. The molecule has 0 aromatic heterocycles. The SMILES string of the molecule is CO[C@H]([C@H](C)[C@H](/C=C/B1OC(=O)CN(C)CC(=O)O1)OC)[C@@H](C)/C=C/C(C)=C/C(N)=O. The van der Waals surface area contributed by atoms with Gasteiger partial charge in [0, 0.05) is 32.1 Å². The molecule has 172 valence electrons. The van der Waals surface area contributed by atoms with Crippen LogP contribution in [0.5, 0.6) is 0 Å². The fourth-order valence-electron chi connectivity index (χ4n) is 3.38. The number of carbonyl (C=O) groups is 3. The standard InChI is InChI=1S/C21H33BN2O7/c1-14(11-18(23)25)7-8-15(2)21(29-6)16(3)17(28-5)9-10-22-30-19(26)12-24(4)13-20(27)31-22/h7-11,15-17,21H,12-13H2,1-6H3,(H2,23,25)/b8-7+,10-9+,14-11+/t15-,16+,17-,21-/m0/s1. The predicted molar refractivity (Wildman–Crippen MR) is 117 cm³/mol. The highest BCUT2D eigenvalue weighted by molar-refractivity contribution is 6.54. The van der Waals surface area contributed by atoms with E-state index in [0.29, 0.717) is 0 Å². The monoisotopic (exact) mass is 436 g/mol. The minimum absolute atomic E-state index is 0.00274. The van der Waals surface area contributed by atoms with Gasteiger partial charge in [-0.15, -0.1) is 0 Å². The number of amides is 1. The average Bonchev–Trinajstić information content (AvgIpc) is 2.65. The maximum atomic E-state index is 11.9. The summed E-state index contributed by atoms with van der Waals surface area (Å²) in [6.07, 6.45) is 6.18. The van der Waals surface area contributed by atoms with Crippen molar-refractivity contribution in [1.29, 1.82) is 0 Å². The second-order valence-electron chi connectivity index (χ2n) is 7.67. The summed E-state index contributed by atoms with van der Waals surface area (Å²) in [6, 6.07) is 0. The van der Waals surface area contributed by atoms with E-state index in [9.17, 15) is 14.4 Å². The summed E-state index contributed by atoms with van der Waals surface area (Å²) >= 11 is 0. The molecule has 1 amide bonds. The molecule has 4 atom stereocenters. The summed E-state index contributed by atoms with van der Waals surface area (Å²) in [4.78, 5) is 36.2. The zero-order valence-corrected chi connectivity index (χ0v) is 19.1. The number of methoxy groups -OCH3 is 2. The number of likely N-dealkylation sites (N-methyl/N-ethyl adjacent to an activating group) is 1. The van der Waals surface area contributed by atoms with E-state index in [4.69, 9.17) is 24.5 Å². The second kappa shape index (κ2) is 13.1. The van der Waals surface area contributed by atoms with Gasteiger partial charge in [-0.25, -0.2) is 0 Å². The van der Waals surface area contributed by atoms with Crippen LogP contribution in [-0.4, -0.2) is 76.4 Å². The van der Waals surface area contributed by atoms with Crippen LogP contribution in [0.4, 0.5) is 0 Å². The highest BCUT2D eigenvalue weighted by Crippen LogP contribution is 2.23. The molecule has 1 aliphatic heterocycles. The molecule has 10 heteroatoms. The van der Waals surface area contributed by atoms with Crippen LogP contribution in [0.2, 0.25) is 0 Å². The number of primary amides is 1. The van der Waals surface area contributed by atoms with Crippen LogP contribution in [0, 0.1) is 11.8 Å². The van der Waals surface area contributed by atoms with E-state index in [1.165, 1.54) is 17.0 Å². The van der Waals surface area contributed by atoms with E-state index in [1.54, 1.807) is 34.3 Å². The van der Waals surface area contributed by atoms with Crippen LogP contribution in [0.15, 0.2) is 35.9 Å². The lowest BCUT2D eigenvalue weighted by Gasteiger charge is -2.31. The third-order valence-electron chi connectivity index (χ3n) is 4.88. The minimum atomic E-state index is -1.11. The van der Waals surface area contributed by atoms with Gasteiger partial charge in [0.1, 0.15) is 0 Å². The van der Waals surface area contributed by atoms with E-state index < -0.39 is 31.1 Å². The molecule has 0 aromatic rings. The van der Waals surface area contributed by atoms with Gasteiger partial charge in [-0.05, 0) is 25.5 Å². The number of allylic oxidation sites excluding steroid dienone is 2. The van der Waals surface area contributed by atoms with Gasteiger partial charge < -0.3 is 24.5 Å². The number of hydrogen-bond acceptors (Lipinski definition) is 8. The normalized spacial score (nSPS) is 20.7. The molecule has 9 nitrogen and oxygen atoms in total. The topological polar surface area (TPSA) is 117 Å². The molecule has 1 heterocycles. The summed E-state index contributed by atoms with van der Waals surface area (Å²) in [6.45, 7) is 5.75. The Morgan fingerprint density at radius 3 is 2.19 bits per heavy atom. The number of rotatable bonds is 10. The van der Waals surface area contributed by atoms with Gasteiger partial charge >= 0.3 is 19.1 Å². The van der Waals surface area contributed by atoms with Crippen molar-refractivity contribution in [2.45, 2.75) is 33.0 Å². The molecule has 31 heavy (non-hydrogen) atoms. The quantitative estimate of drug-likeness (QED) is 0.305. The van der Waals surface area contributed by atoms with Crippen LogP contribution < -0.4 is 5.73 Å². The summed E-state index contributed by atoms with van der Waals surface area (Å²) in [5.41, 5.74) is 5.91. The van der Waals surface area contributed by atoms with E-state index in [0.717, 1.165) is 5.57 Å². The van der Waals surface area contributed by atoms with Crippen LogP contribution in [0.25, 0.3) is 0 Å². The number of carbonyl (C=O) groups excluding carboxylic acids is 3. The number of nitrogens with two attached hydrogens (primary N) is 1. The van der Waals surface area contributed by atoms with Gasteiger partial charge in [0.25, 0.3) is 0 Å². The third-order valence-corrected chi connectivity index (χ3v) is 4.88. The Morgan fingerprint density at radius 2 is 1.71 bits per heavy atom. The van der Waals surface area contributed by atoms with Crippen molar-refractivity contribution in [3.05, 3.63) is 35.9 Å². The van der Waals surface area contributed by atoms with Crippen molar-refractivity contribution < 1.29 is 33.2 Å². The van der Waals surface area contributed by atoms with Crippen LogP contribution in [0.1, 0.15) is 20.8 Å². The van der Waals surface area contributed by atoms with Crippen molar-refractivity contribution in [3.8, 4) is 0 Å². The molecular formula is C21H33BN2O7. The van der Waals surface area contributed by atoms with Crippen LogP contribution >= 0.6 is 0 Å². The van der Waals surface area contributed by atoms with E-state index in [-0.39, 0.29) is 31.0 Å². The van der Waals surface area contributed by atoms with Crippen molar-refractivity contribution in [3.63, 3.8) is 0 Å². The first-order valence-electron chi connectivity index (χ1n) is 10.0. The zero-order valence-electron chi connectivity index (χ0n) is 19.1. The highest BCUT2D eigenvalue weighted by Gasteiger charge is 2.32. The highest BCUT2D eigenvalue weighted by atomic mass is 16.6. The Hall–Kier alpha value is -2.43. The molecule has 1 rings (SSSR count). The smallest absolute Gasteiger partial charge is 0.495 e. The number of hydrogen-bond donors (Lipinski definition) is 1. The van der Waals surface area contributed by atoms with Crippen LogP contribution in [-0.2, 0) is 33.2 Å². The summed E-state index contributed by atoms with van der Waals surface area (Å²) in [5, 5.41) is 0. The Bertz CT molecular complexity index is 703. The molecule has 0 saturated carbocycles. The van der Waals surface area contributed by atoms with Crippen molar-refractivity contribution in [2.75, 3.05) is 34.4 Å². The molecule has 0 aromatic carbocycles. The Balaban J connectivity index is 2.87. The van der Waals surface area contributed by atoms with E-state index in [2.05, 4.69) is 0 Å². The maximum Gasteiger partial charge on any atom is 0.628 e. The molecule has 0 bridgehead atoms.